The van der Waals surface area contributed by atoms with Gasteiger partial charge in [0.2, 0.25) is 0 Å². The van der Waals surface area contributed by atoms with Gasteiger partial charge < -0.3 is 10.3 Å². The van der Waals surface area contributed by atoms with Gasteiger partial charge in [-0.25, -0.2) is 9.97 Å². The minimum absolute atomic E-state index is 0.128. The van der Waals surface area contributed by atoms with Crippen LogP contribution in [0.2, 0.25) is 0 Å². The van der Waals surface area contributed by atoms with Gasteiger partial charge >= 0.3 is 0 Å². The number of H-pyrrole nitrogens is 1. The molecule has 0 fully saturated rings. The SMILES string of the molecule is O=C(Nc1ccc(-c2nc3cccnc3[nH]2)cc1)c1ccccc1. The highest BCUT2D eigenvalue weighted by atomic mass is 16.1. The maximum absolute atomic E-state index is 12.1. The molecule has 0 aliphatic rings. The van der Waals surface area contributed by atoms with Crippen LogP contribution in [0.1, 0.15) is 10.4 Å². The van der Waals surface area contributed by atoms with Crippen LogP contribution in [-0.4, -0.2) is 20.9 Å². The molecular weight excluding hydrogens is 300 g/mol. The minimum Gasteiger partial charge on any atom is -0.323 e. The summed E-state index contributed by atoms with van der Waals surface area (Å²) in [6.45, 7) is 0. The van der Waals surface area contributed by atoms with Crippen LogP contribution in [-0.2, 0) is 0 Å². The molecule has 0 spiro atoms. The van der Waals surface area contributed by atoms with E-state index in [2.05, 4.69) is 20.3 Å². The van der Waals surface area contributed by atoms with Crippen molar-refractivity contribution in [3.8, 4) is 11.4 Å². The number of amides is 1. The van der Waals surface area contributed by atoms with Gasteiger partial charge in [-0.2, -0.15) is 0 Å². The standard InChI is InChI=1S/C19H14N4O/c24-19(14-5-2-1-3-6-14)21-15-10-8-13(9-11-15)17-22-16-7-4-12-20-18(16)23-17/h1-12H,(H,21,24)(H,20,22,23). The second-order valence-corrected chi connectivity index (χ2v) is 5.35. The summed E-state index contributed by atoms with van der Waals surface area (Å²) < 4.78 is 0. The molecule has 0 aliphatic carbocycles. The van der Waals surface area contributed by atoms with Crippen molar-refractivity contribution >= 4 is 22.8 Å². The summed E-state index contributed by atoms with van der Waals surface area (Å²) in [5, 5.41) is 2.88. The zero-order valence-corrected chi connectivity index (χ0v) is 12.7. The number of rotatable bonds is 3. The van der Waals surface area contributed by atoms with Crippen molar-refractivity contribution in [1.29, 1.82) is 0 Å². The molecule has 0 atom stereocenters. The molecule has 1 amide bonds. The highest BCUT2D eigenvalue weighted by Crippen LogP contribution is 2.21. The van der Waals surface area contributed by atoms with E-state index in [9.17, 15) is 4.79 Å². The van der Waals surface area contributed by atoms with E-state index in [1.807, 2.05) is 54.6 Å². The molecule has 5 heteroatoms. The smallest absolute Gasteiger partial charge is 0.255 e. The van der Waals surface area contributed by atoms with Crippen molar-refractivity contribution in [2.75, 3.05) is 5.32 Å². The molecule has 0 saturated carbocycles. The molecule has 24 heavy (non-hydrogen) atoms. The first-order valence-electron chi connectivity index (χ1n) is 7.57. The van der Waals surface area contributed by atoms with Crippen LogP contribution in [0.4, 0.5) is 5.69 Å². The monoisotopic (exact) mass is 314 g/mol. The Kier molecular flexibility index (Phi) is 3.51. The fraction of sp³-hybridized carbons (Fsp3) is 0. The van der Waals surface area contributed by atoms with Crippen molar-refractivity contribution < 1.29 is 4.79 Å². The summed E-state index contributed by atoms with van der Waals surface area (Å²) in [7, 11) is 0. The summed E-state index contributed by atoms with van der Waals surface area (Å²) in [6, 6.07) is 20.4. The Labute approximate surface area is 138 Å². The number of imidazole rings is 1. The van der Waals surface area contributed by atoms with Crippen molar-refractivity contribution in [3.63, 3.8) is 0 Å². The van der Waals surface area contributed by atoms with Crippen molar-refractivity contribution in [2.24, 2.45) is 0 Å². The number of pyridine rings is 1. The minimum atomic E-state index is -0.128. The Hall–Kier alpha value is -3.47. The van der Waals surface area contributed by atoms with Gasteiger partial charge in [-0.05, 0) is 48.5 Å². The van der Waals surface area contributed by atoms with Gasteiger partial charge in [0, 0.05) is 23.0 Å². The summed E-state index contributed by atoms with van der Waals surface area (Å²) >= 11 is 0. The van der Waals surface area contributed by atoms with Gasteiger partial charge in [-0.15, -0.1) is 0 Å². The van der Waals surface area contributed by atoms with Crippen LogP contribution in [0.3, 0.4) is 0 Å². The number of anilines is 1. The molecule has 2 aromatic carbocycles. The Morgan fingerprint density at radius 2 is 1.71 bits per heavy atom. The van der Waals surface area contributed by atoms with E-state index in [0.29, 0.717) is 5.56 Å². The molecule has 0 radical (unpaired) electrons. The van der Waals surface area contributed by atoms with Crippen LogP contribution in [0.5, 0.6) is 0 Å². The maximum atomic E-state index is 12.1. The fourth-order valence-corrected chi connectivity index (χ4v) is 2.48. The predicted molar refractivity (Wildman–Crippen MR) is 93.7 cm³/mol. The normalized spacial score (nSPS) is 10.7. The molecule has 4 aromatic rings. The first-order valence-corrected chi connectivity index (χ1v) is 7.57. The largest absolute Gasteiger partial charge is 0.323 e. The number of nitrogens with zero attached hydrogens (tertiary/aromatic N) is 2. The third kappa shape index (κ3) is 2.75. The lowest BCUT2D eigenvalue weighted by atomic mass is 10.1. The molecule has 2 heterocycles. The van der Waals surface area contributed by atoms with Crippen LogP contribution < -0.4 is 5.32 Å². The molecule has 116 valence electrons. The second-order valence-electron chi connectivity index (χ2n) is 5.35. The number of aromatic nitrogens is 3. The Balaban J connectivity index is 1.55. The Morgan fingerprint density at radius 1 is 0.917 bits per heavy atom. The average Bonchev–Trinajstić information content (AvgIpc) is 3.07. The van der Waals surface area contributed by atoms with Gasteiger partial charge in [-0.1, -0.05) is 18.2 Å². The van der Waals surface area contributed by atoms with E-state index in [1.165, 1.54) is 0 Å². The van der Waals surface area contributed by atoms with E-state index in [1.54, 1.807) is 18.3 Å². The average molecular weight is 314 g/mol. The second kappa shape index (κ2) is 5.96. The molecule has 0 bridgehead atoms. The van der Waals surface area contributed by atoms with Gasteiger partial charge in [0.05, 0.1) is 0 Å². The van der Waals surface area contributed by atoms with Gasteiger partial charge in [0.1, 0.15) is 11.3 Å². The summed E-state index contributed by atoms with van der Waals surface area (Å²) in [5.41, 5.74) is 3.89. The third-order valence-electron chi connectivity index (χ3n) is 3.71. The van der Waals surface area contributed by atoms with E-state index in [-0.39, 0.29) is 5.91 Å². The number of nitrogens with one attached hydrogen (secondary N) is 2. The Morgan fingerprint density at radius 3 is 2.46 bits per heavy atom. The molecule has 2 aromatic heterocycles. The zero-order valence-electron chi connectivity index (χ0n) is 12.7. The lowest BCUT2D eigenvalue weighted by Gasteiger charge is -2.05. The molecular formula is C19H14N4O. The van der Waals surface area contributed by atoms with E-state index in [4.69, 9.17) is 0 Å². The number of carbonyl (C=O) groups is 1. The van der Waals surface area contributed by atoms with Crippen molar-refractivity contribution in [3.05, 3.63) is 78.5 Å². The zero-order chi connectivity index (χ0) is 16.4. The van der Waals surface area contributed by atoms with E-state index >= 15 is 0 Å². The lowest BCUT2D eigenvalue weighted by Crippen LogP contribution is -2.11. The van der Waals surface area contributed by atoms with Crippen LogP contribution in [0.25, 0.3) is 22.6 Å². The highest BCUT2D eigenvalue weighted by Gasteiger charge is 2.07. The topological polar surface area (TPSA) is 70.7 Å². The lowest BCUT2D eigenvalue weighted by molar-refractivity contribution is 0.102. The van der Waals surface area contributed by atoms with Crippen LogP contribution >= 0.6 is 0 Å². The highest BCUT2D eigenvalue weighted by molar-refractivity contribution is 6.04. The molecule has 0 unspecified atom stereocenters. The third-order valence-corrected chi connectivity index (χ3v) is 3.71. The summed E-state index contributed by atoms with van der Waals surface area (Å²) in [6.07, 6.45) is 1.73. The fourth-order valence-electron chi connectivity index (χ4n) is 2.48. The van der Waals surface area contributed by atoms with E-state index < -0.39 is 0 Å². The molecule has 4 rings (SSSR count). The molecule has 5 nitrogen and oxygen atoms in total. The summed E-state index contributed by atoms with van der Waals surface area (Å²) in [4.78, 5) is 24.1. The first kappa shape index (κ1) is 14.1. The Bertz CT molecular complexity index is 958. The van der Waals surface area contributed by atoms with Crippen LogP contribution in [0, 0.1) is 0 Å². The maximum Gasteiger partial charge on any atom is 0.255 e. The van der Waals surface area contributed by atoms with Gasteiger partial charge in [0.15, 0.2) is 5.65 Å². The quantitative estimate of drug-likeness (QED) is 0.603. The number of fused-ring (bicyclic) bond motifs is 1. The van der Waals surface area contributed by atoms with Gasteiger partial charge in [-0.3, -0.25) is 4.79 Å². The first-order chi connectivity index (χ1) is 11.8. The summed E-state index contributed by atoms with van der Waals surface area (Å²) in [5.74, 6) is 0.626. The van der Waals surface area contributed by atoms with Crippen molar-refractivity contribution in [2.45, 2.75) is 0 Å². The number of carbonyl (C=O) groups excluding carboxylic acids is 1. The van der Waals surface area contributed by atoms with Crippen LogP contribution in [0.15, 0.2) is 72.9 Å². The van der Waals surface area contributed by atoms with Crippen molar-refractivity contribution in [1.82, 2.24) is 15.0 Å². The predicted octanol–water partition coefficient (Wildman–Crippen LogP) is 3.88. The number of benzene rings is 2. The van der Waals surface area contributed by atoms with Gasteiger partial charge in [0.25, 0.3) is 5.91 Å². The molecule has 2 N–H and O–H groups in total. The number of hydrogen-bond donors (Lipinski definition) is 2. The van der Waals surface area contributed by atoms with E-state index in [0.717, 1.165) is 28.2 Å². The molecule has 0 aliphatic heterocycles. The number of aromatic amines is 1. The number of hydrogen-bond acceptors (Lipinski definition) is 3. The molecule has 0 saturated heterocycles.